The molecule has 0 heterocycles. The van der Waals surface area contributed by atoms with Crippen molar-refractivity contribution in [1.29, 1.82) is 0 Å². The summed E-state index contributed by atoms with van der Waals surface area (Å²) in [5, 5.41) is 0.167. The first-order valence-corrected chi connectivity index (χ1v) is 8.06. The van der Waals surface area contributed by atoms with Gasteiger partial charge in [-0.25, -0.2) is 4.39 Å². The van der Waals surface area contributed by atoms with E-state index >= 15 is 0 Å². The highest BCUT2D eigenvalue weighted by molar-refractivity contribution is 6.74. The summed E-state index contributed by atoms with van der Waals surface area (Å²) in [6, 6.07) is 0. The van der Waals surface area contributed by atoms with Gasteiger partial charge in [-0.2, -0.15) is 0 Å². The average Bonchev–Trinajstić information content (AvgIpc) is 2.10. The van der Waals surface area contributed by atoms with Crippen LogP contribution in [-0.4, -0.2) is 21.2 Å². The molecule has 0 amide bonds. The Morgan fingerprint density at radius 3 is 2.33 bits per heavy atom. The van der Waals surface area contributed by atoms with Gasteiger partial charge in [0.2, 0.25) is 0 Å². The topological polar surface area (TPSA) is 26.3 Å². The van der Waals surface area contributed by atoms with E-state index in [1.807, 2.05) is 0 Å². The fourth-order valence-electron chi connectivity index (χ4n) is 0.776. The van der Waals surface area contributed by atoms with E-state index < -0.39 is 14.1 Å². The number of hydrogen-bond acceptors (Lipinski definition) is 2. The van der Waals surface area contributed by atoms with E-state index in [1.54, 1.807) is 0 Å². The first-order valence-electron chi connectivity index (χ1n) is 5.15. The van der Waals surface area contributed by atoms with Crippen LogP contribution in [0.3, 0.4) is 0 Å². The molecular formula is C11H21FO2Si. The predicted molar refractivity (Wildman–Crippen MR) is 63.0 cm³/mol. The fraction of sp³-hybridized carbons (Fsp3) is 0.727. The normalized spacial score (nSPS) is 14.1. The molecule has 0 saturated heterocycles. The number of carbonyl (C=O) groups is 1. The Hall–Kier alpha value is -0.483. The third-order valence-corrected chi connectivity index (χ3v) is 7.38. The second-order valence-electron chi connectivity index (χ2n) is 5.10. The number of allylic oxidation sites excluding steroid dienone is 1. The molecule has 0 N–H and O–H groups in total. The smallest absolute Gasteiger partial charge is 0.191 e. The van der Waals surface area contributed by atoms with Gasteiger partial charge in [-0.05, 0) is 30.6 Å². The van der Waals surface area contributed by atoms with Crippen LogP contribution in [-0.2, 0) is 9.22 Å². The van der Waals surface area contributed by atoms with Gasteiger partial charge in [0.25, 0.3) is 0 Å². The minimum absolute atomic E-state index is 0.167. The van der Waals surface area contributed by atoms with E-state index in [0.29, 0.717) is 13.0 Å². The average molecular weight is 232 g/mol. The first kappa shape index (κ1) is 14.5. The molecule has 0 fully saturated rings. The fourth-order valence-corrected chi connectivity index (χ4v) is 1.84. The molecular weight excluding hydrogens is 211 g/mol. The Morgan fingerprint density at radius 2 is 1.93 bits per heavy atom. The molecule has 0 unspecified atom stereocenters. The van der Waals surface area contributed by atoms with Crippen LogP contribution in [0.1, 0.15) is 27.2 Å². The van der Waals surface area contributed by atoms with E-state index in [0.717, 1.165) is 0 Å². The van der Waals surface area contributed by atoms with Crippen molar-refractivity contribution in [3.8, 4) is 0 Å². The van der Waals surface area contributed by atoms with Crippen molar-refractivity contribution in [2.24, 2.45) is 0 Å². The van der Waals surface area contributed by atoms with Crippen LogP contribution in [0, 0.1) is 0 Å². The summed E-state index contributed by atoms with van der Waals surface area (Å²) in [5.41, 5.74) is 0. The molecule has 0 aromatic heterocycles. The lowest BCUT2D eigenvalue weighted by molar-refractivity contribution is -0.106. The van der Waals surface area contributed by atoms with E-state index in [4.69, 9.17) is 4.43 Å². The minimum atomic E-state index is -1.73. The summed E-state index contributed by atoms with van der Waals surface area (Å²) in [6.07, 6.45) is 1.93. The molecule has 0 bridgehead atoms. The summed E-state index contributed by atoms with van der Waals surface area (Å²) in [6.45, 7) is 11.2. The van der Waals surface area contributed by atoms with Gasteiger partial charge in [-0.1, -0.05) is 20.8 Å². The van der Waals surface area contributed by atoms with Crippen LogP contribution >= 0.6 is 0 Å². The van der Waals surface area contributed by atoms with Crippen molar-refractivity contribution in [1.82, 2.24) is 0 Å². The molecule has 0 spiro atoms. The largest absolute Gasteiger partial charge is 0.417 e. The summed E-state index contributed by atoms with van der Waals surface area (Å²) in [7, 11) is -1.73. The van der Waals surface area contributed by atoms with Crippen LogP contribution in [0.5, 0.6) is 0 Å². The molecule has 0 atom stereocenters. The second-order valence-corrected chi connectivity index (χ2v) is 9.91. The summed E-state index contributed by atoms with van der Waals surface area (Å²) >= 11 is 0. The zero-order chi connectivity index (χ0) is 12.1. The molecule has 2 nitrogen and oxygen atoms in total. The predicted octanol–water partition coefficient (Wildman–Crippen LogP) is 3.45. The number of hydrogen-bond donors (Lipinski definition) is 0. The van der Waals surface area contributed by atoms with Gasteiger partial charge in [0.1, 0.15) is 0 Å². The van der Waals surface area contributed by atoms with Crippen molar-refractivity contribution >= 4 is 14.6 Å². The number of rotatable bonds is 5. The number of halogens is 1. The molecule has 0 saturated carbocycles. The highest BCUT2D eigenvalue weighted by Gasteiger charge is 2.36. The van der Waals surface area contributed by atoms with Gasteiger partial charge in [-0.3, -0.25) is 4.79 Å². The number of carbonyl (C=O) groups excluding carboxylic acids is 1. The quantitative estimate of drug-likeness (QED) is 0.314. The van der Waals surface area contributed by atoms with E-state index in [-0.39, 0.29) is 11.3 Å². The van der Waals surface area contributed by atoms with Gasteiger partial charge in [0, 0.05) is 6.61 Å². The molecule has 0 aliphatic heterocycles. The van der Waals surface area contributed by atoms with Crippen molar-refractivity contribution in [3.63, 3.8) is 0 Å². The zero-order valence-electron chi connectivity index (χ0n) is 10.3. The van der Waals surface area contributed by atoms with Crippen molar-refractivity contribution in [2.75, 3.05) is 6.61 Å². The van der Waals surface area contributed by atoms with E-state index in [1.165, 1.54) is 6.08 Å². The SMILES string of the molecule is CC(C)(C)[Si](C)(C)OCC/C=C(\F)C=O. The summed E-state index contributed by atoms with van der Waals surface area (Å²) < 4.78 is 18.2. The standard InChI is InChI=1S/C11H21FO2Si/c1-11(2,3)15(4,5)14-8-6-7-10(12)9-13/h7,9H,6,8H2,1-5H3/b10-7-. The maximum absolute atomic E-state index is 12.4. The van der Waals surface area contributed by atoms with Gasteiger partial charge >= 0.3 is 0 Å². The summed E-state index contributed by atoms with van der Waals surface area (Å²) in [4.78, 5) is 9.98. The molecule has 0 aromatic rings. The molecule has 4 heteroatoms. The van der Waals surface area contributed by atoms with Crippen molar-refractivity contribution < 1.29 is 13.6 Å². The van der Waals surface area contributed by atoms with Crippen molar-refractivity contribution in [3.05, 3.63) is 11.9 Å². The Morgan fingerprint density at radius 1 is 1.40 bits per heavy atom. The Balaban J connectivity index is 4.02. The minimum Gasteiger partial charge on any atom is -0.417 e. The first-order chi connectivity index (χ1) is 6.70. The molecule has 0 aliphatic rings. The lowest BCUT2D eigenvalue weighted by atomic mass is 10.2. The number of aldehydes is 1. The molecule has 0 rings (SSSR count). The van der Waals surface area contributed by atoms with Crippen LogP contribution in [0.2, 0.25) is 18.1 Å². The van der Waals surface area contributed by atoms with E-state index in [9.17, 15) is 9.18 Å². The maximum atomic E-state index is 12.4. The van der Waals surface area contributed by atoms with Crippen LogP contribution < -0.4 is 0 Å². The Labute approximate surface area is 92.6 Å². The summed E-state index contributed by atoms with van der Waals surface area (Å²) in [5.74, 6) is -0.714. The van der Waals surface area contributed by atoms with Gasteiger partial charge in [0.05, 0.1) is 0 Å². The van der Waals surface area contributed by atoms with Gasteiger partial charge in [-0.15, -0.1) is 0 Å². The van der Waals surface area contributed by atoms with Gasteiger partial charge in [0.15, 0.2) is 20.4 Å². The molecule has 0 aliphatic carbocycles. The van der Waals surface area contributed by atoms with Crippen LogP contribution in [0.15, 0.2) is 11.9 Å². The van der Waals surface area contributed by atoms with Crippen molar-refractivity contribution in [2.45, 2.75) is 45.3 Å². The molecule has 0 aromatic carbocycles. The van der Waals surface area contributed by atoms with Crippen LogP contribution in [0.4, 0.5) is 4.39 Å². The highest BCUT2D eigenvalue weighted by atomic mass is 28.4. The maximum Gasteiger partial charge on any atom is 0.191 e. The zero-order valence-corrected chi connectivity index (χ0v) is 11.3. The van der Waals surface area contributed by atoms with Gasteiger partial charge < -0.3 is 4.43 Å². The Kier molecular flexibility index (Phi) is 5.38. The Bertz CT molecular complexity index is 241. The molecule has 15 heavy (non-hydrogen) atoms. The monoisotopic (exact) mass is 232 g/mol. The highest BCUT2D eigenvalue weighted by Crippen LogP contribution is 2.36. The third kappa shape index (κ3) is 5.23. The second kappa shape index (κ2) is 5.56. The lowest BCUT2D eigenvalue weighted by Gasteiger charge is -2.36. The van der Waals surface area contributed by atoms with Crippen LogP contribution in [0.25, 0.3) is 0 Å². The molecule has 0 radical (unpaired) electrons. The van der Waals surface area contributed by atoms with E-state index in [2.05, 4.69) is 33.9 Å². The molecule has 88 valence electrons. The third-order valence-electron chi connectivity index (χ3n) is 2.84. The lowest BCUT2D eigenvalue weighted by Crippen LogP contribution is -2.40.